The molecule has 0 aliphatic carbocycles. The Morgan fingerprint density at radius 3 is 2.37 bits per heavy atom. The molecular weight excluding hydrogens is 244 g/mol. The highest BCUT2D eigenvalue weighted by Gasteiger charge is 2.20. The summed E-state index contributed by atoms with van der Waals surface area (Å²) < 4.78 is 10.7. The van der Waals surface area contributed by atoms with Crippen LogP contribution in [-0.4, -0.2) is 30.4 Å². The number of carbonyl (C=O) groups excluding carboxylic acids is 1. The minimum Gasteiger partial charge on any atom is -0.508 e. The van der Waals surface area contributed by atoms with Crippen molar-refractivity contribution < 1.29 is 19.4 Å². The van der Waals surface area contributed by atoms with Crippen LogP contribution >= 0.6 is 0 Å². The Hall–Kier alpha value is -1.55. The molecule has 0 bridgehead atoms. The maximum atomic E-state index is 11.9. The predicted octanol–water partition coefficient (Wildman–Crippen LogP) is 2.68. The van der Waals surface area contributed by atoms with Crippen molar-refractivity contribution >= 4 is 5.97 Å². The van der Waals surface area contributed by atoms with Gasteiger partial charge in [-0.1, -0.05) is 26.0 Å². The number of esters is 1. The summed E-state index contributed by atoms with van der Waals surface area (Å²) in [5.74, 6) is -0.105. The third-order valence-corrected chi connectivity index (χ3v) is 2.59. The average Bonchev–Trinajstić information content (AvgIpc) is 2.42. The number of rotatable bonds is 8. The fraction of sp³-hybridized carbons (Fsp3) is 0.533. The highest BCUT2D eigenvalue weighted by atomic mass is 16.6. The van der Waals surface area contributed by atoms with Gasteiger partial charge in [0, 0.05) is 13.0 Å². The number of hydrogen-bond donors (Lipinski definition) is 1. The topological polar surface area (TPSA) is 55.8 Å². The summed E-state index contributed by atoms with van der Waals surface area (Å²) in [7, 11) is 0. The first-order valence-corrected chi connectivity index (χ1v) is 6.73. The molecule has 4 heteroatoms. The summed E-state index contributed by atoms with van der Waals surface area (Å²) in [6, 6.07) is 6.77. The van der Waals surface area contributed by atoms with E-state index in [2.05, 4.69) is 0 Å². The molecule has 1 aromatic rings. The second-order valence-corrected chi connectivity index (χ2v) is 4.40. The van der Waals surface area contributed by atoms with Crippen molar-refractivity contribution in [2.45, 2.75) is 39.2 Å². The zero-order valence-corrected chi connectivity index (χ0v) is 11.6. The molecule has 106 valence electrons. The molecule has 0 fully saturated rings. The van der Waals surface area contributed by atoms with Gasteiger partial charge in [-0.05, 0) is 30.5 Å². The number of ether oxygens (including phenoxy) is 2. The lowest BCUT2D eigenvalue weighted by atomic mass is 10.1. The Labute approximate surface area is 114 Å². The van der Waals surface area contributed by atoms with Crippen LogP contribution in [0.4, 0.5) is 0 Å². The highest BCUT2D eigenvalue weighted by molar-refractivity contribution is 5.75. The number of phenolic OH excluding ortho intramolecular Hbond substituents is 1. The number of benzene rings is 1. The van der Waals surface area contributed by atoms with Crippen LogP contribution in [0.2, 0.25) is 0 Å². The average molecular weight is 266 g/mol. The first kappa shape index (κ1) is 15.5. The number of phenols is 1. The van der Waals surface area contributed by atoms with Gasteiger partial charge in [-0.3, -0.25) is 0 Å². The zero-order chi connectivity index (χ0) is 14.1. The molecule has 1 atom stereocenters. The lowest BCUT2D eigenvalue weighted by Crippen LogP contribution is -2.29. The van der Waals surface area contributed by atoms with Gasteiger partial charge in [0.25, 0.3) is 0 Å². The van der Waals surface area contributed by atoms with Crippen LogP contribution in [0.25, 0.3) is 0 Å². The summed E-state index contributed by atoms with van der Waals surface area (Å²) in [4.78, 5) is 11.9. The van der Waals surface area contributed by atoms with Gasteiger partial charge in [0.15, 0.2) is 6.10 Å². The van der Waals surface area contributed by atoms with Crippen molar-refractivity contribution in [2.24, 2.45) is 0 Å². The molecule has 0 aliphatic heterocycles. The Morgan fingerprint density at radius 1 is 1.16 bits per heavy atom. The molecule has 0 aromatic heterocycles. The van der Waals surface area contributed by atoms with E-state index in [1.165, 1.54) is 0 Å². The largest absolute Gasteiger partial charge is 0.508 e. The Balaban J connectivity index is 2.62. The molecule has 0 unspecified atom stereocenters. The van der Waals surface area contributed by atoms with Crippen molar-refractivity contribution in [3.63, 3.8) is 0 Å². The van der Waals surface area contributed by atoms with Gasteiger partial charge in [0.1, 0.15) is 5.75 Å². The molecule has 0 saturated heterocycles. The zero-order valence-electron chi connectivity index (χ0n) is 11.6. The molecule has 0 saturated carbocycles. The van der Waals surface area contributed by atoms with Crippen LogP contribution < -0.4 is 0 Å². The maximum Gasteiger partial charge on any atom is 0.335 e. The van der Waals surface area contributed by atoms with Crippen molar-refractivity contribution in [3.05, 3.63) is 29.8 Å². The van der Waals surface area contributed by atoms with Crippen molar-refractivity contribution in [1.82, 2.24) is 0 Å². The molecular formula is C15H22O4. The third-order valence-electron chi connectivity index (χ3n) is 2.59. The maximum absolute atomic E-state index is 11.9. The van der Waals surface area contributed by atoms with Crippen LogP contribution in [0, 0.1) is 0 Å². The van der Waals surface area contributed by atoms with Gasteiger partial charge in [-0.2, -0.15) is 0 Å². The highest BCUT2D eigenvalue weighted by Crippen LogP contribution is 2.13. The number of hydrogen-bond acceptors (Lipinski definition) is 4. The van der Waals surface area contributed by atoms with E-state index < -0.39 is 6.10 Å². The van der Waals surface area contributed by atoms with E-state index in [-0.39, 0.29) is 11.7 Å². The number of aromatic hydroxyl groups is 1. The second-order valence-electron chi connectivity index (χ2n) is 4.40. The van der Waals surface area contributed by atoms with Gasteiger partial charge in [-0.15, -0.1) is 0 Å². The summed E-state index contributed by atoms with van der Waals surface area (Å²) in [5.41, 5.74) is 0.937. The fourth-order valence-electron chi connectivity index (χ4n) is 1.61. The minimum atomic E-state index is -0.573. The first-order valence-electron chi connectivity index (χ1n) is 6.73. The Morgan fingerprint density at radius 2 is 1.79 bits per heavy atom. The third kappa shape index (κ3) is 5.75. The van der Waals surface area contributed by atoms with E-state index in [1.54, 1.807) is 24.3 Å². The van der Waals surface area contributed by atoms with Crippen molar-refractivity contribution in [1.29, 1.82) is 0 Å². The predicted molar refractivity (Wildman–Crippen MR) is 73.1 cm³/mol. The Kier molecular flexibility index (Phi) is 6.97. The SMILES string of the molecule is CCCOC(=O)[C@H](Cc1ccc(O)cc1)OCCC. The molecule has 1 N–H and O–H groups in total. The van der Waals surface area contributed by atoms with Crippen LogP contribution in [0.5, 0.6) is 5.75 Å². The van der Waals surface area contributed by atoms with Crippen LogP contribution in [0.15, 0.2) is 24.3 Å². The first-order chi connectivity index (χ1) is 9.17. The lowest BCUT2D eigenvalue weighted by Gasteiger charge is -2.16. The molecule has 1 aromatic carbocycles. The van der Waals surface area contributed by atoms with E-state index >= 15 is 0 Å². The molecule has 0 radical (unpaired) electrons. The Bertz CT molecular complexity index is 372. The lowest BCUT2D eigenvalue weighted by molar-refractivity contribution is -0.157. The summed E-state index contributed by atoms with van der Waals surface area (Å²) in [6.45, 7) is 4.90. The monoisotopic (exact) mass is 266 g/mol. The van der Waals surface area contributed by atoms with Crippen molar-refractivity contribution in [3.8, 4) is 5.75 Å². The van der Waals surface area contributed by atoms with Crippen LogP contribution in [-0.2, 0) is 20.7 Å². The van der Waals surface area contributed by atoms with Gasteiger partial charge in [0.05, 0.1) is 6.61 Å². The van der Waals surface area contributed by atoms with E-state index in [9.17, 15) is 9.90 Å². The summed E-state index contributed by atoms with van der Waals surface area (Å²) in [6.07, 6.45) is 1.54. The standard InChI is InChI=1S/C15H22O4/c1-3-9-18-14(15(17)19-10-4-2)11-12-5-7-13(16)8-6-12/h5-8,14,16H,3-4,9-11H2,1-2H3/t14-/m0/s1. The fourth-order valence-corrected chi connectivity index (χ4v) is 1.61. The normalized spacial score (nSPS) is 12.1. The van der Waals surface area contributed by atoms with Gasteiger partial charge < -0.3 is 14.6 Å². The molecule has 0 spiro atoms. The second kappa shape index (κ2) is 8.53. The quantitative estimate of drug-likeness (QED) is 0.735. The van der Waals surface area contributed by atoms with Gasteiger partial charge in [0.2, 0.25) is 0 Å². The van der Waals surface area contributed by atoms with Crippen molar-refractivity contribution in [2.75, 3.05) is 13.2 Å². The molecule has 4 nitrogen and oxygen atoms in total. The van der Waals surface area contributed by atoms with E-state index in [0.29, 0.717) is 19.6 Å². The molecule has 0 heterocycles. The van der Waals surface area contributed by atoms with E-state index in [1.807, 2.05) is 13.8 Å². The van der Waals surface area contributed by atoms with Gasteiger partial charge in [-0.25, -0.2) is 4.79 Å². The molecule has 19 heavy (non-hydrogen) atoms. The van der Waals surface area contributed by atoms with Crippen LogP contribution in [0.3, 0.4) is 0 Å². The summed E-state index contributed by atoms with van der Waals surface area (Å²) in [5, 5.41) is 9.23. The molecule has 1 rings (SSSR count). The van der Waals surface area contributed by atoms with E-state index in [4.69, 9.17) is 9.47 Å². The smallest absolute Gasteiger partial charge is 0.335 e. The molecule has 0 aliphatic rings. The number of carbonyl (C=O) groups is 1. The van der Waals surface area contributed by atoms with Gasteiger partial charge >= 0.3 is 5.97 Å². The summed E-state index contributed by atoms with van der Waals surface area (Å²) >= 11 is 0. The minimum absolute atomic E-state index is 0.211. The molecule has 0 amide bonds. The van der Waals surface area contributed by atoms with Crippen LogP contribution in [0.1, 0.15) is 32.3 Å². The van der Waals surface area contributed by atoms with E-state index in [0.717, 1.165) is 18.4 Å².